The number of hydrogen-bond acceptors (Lipinski definition) is 5. The van der Waals surface area contributed by atoms with Crippen LogP contribution in [-0.2, 0) is 16.1 Å². The quantitative estimate of drug-likeness (QED) is 0.510. The Kier molecular flexibility index (Phi) is 6.65. The molecule has 1 fully saturated rings. The van der Waals surface area contributed by atoms with Crippen LogP contribution in [0.4, 0.5) is 4.39 Å². The lowest BCUT2D eigenvalue weighted by Crippen LogP contribution is -2.56. The average molecular weight is 339 g/mol. The first-order valence-electron chi connectivity index (χ1n) is 7.81. The normalized spacial score (nSPS) is 18.5. The molecule has 2 rings (SSSR count). The van der Waals surface area contributed by atoms with E-state index in [1.54, 1.807) is 23.1 Å². The van der Waals surface area contributed by atoms with Gasteiger partial charge < -0.3 is 20.8 Å². The molecular formula is C16H22FN3O4. The summed E-state index contributed by atoms with van der Waals surface area (Å²) in [6, 6.07) is 4.83. The minimum absolute atomic E-state index is 0.128. The number of halogens is 1. The summed E-state index contributed by atoms with van der Waals surface area (Å²) in [5.41, 5.74) is 0.459. The molecule has 1 aromatic carbocycles. The number of carbonyl (C=O) groups excluding carboxylic acids is 2. The van der Waals surface area contributed by atoms with Crippen molar-refractivity contribution in [1.82, 2.24) is 15.5 Å². The fraction of sp³-hybridized carbons (Fsp3) is 0.500. The molecule has 0 saturated carbocycles. The van der Waals surface area contributed by atoms with Crippen LogP contribution in [0.3, 0.4) is 0 Å². The number of carbonyl (C=O) groups is 2. The lowest BCUT2D eigenvalue weighted by atomic mass is 10.1. The van der Waals surface area contributed by atoms with E-state index in [1.165, 1.54) is 6.07 Å². The molecule has 7 nitrogen and oxygen atoms in total. The zero-order chi connectivity index (χ0) is 17.5. The topological polar surface area (TPSA) is 102 Å². The van der Waals surface area contributed by atoms with E-state index in [1.807, 2.05) is 0 Å². The fourth-order valence-corrected chi connectivity index (χ4v) is 2.63. The van der Waals surface area contributed by atoms with Gasteiger partial charge >= 0.3 is 0 Å². The second-order valence-electron chi connectivity index (χ2n) is 5.70. The Labute approximate surface area is 139 Å². The van der Waals surface area contributed by atoms with Crippen molar-refractivity contribution < 1.29 is 24.2 Å². The number of aliphatic hydroxyl groups is 2. The fourth-order valence-electron chi connectivity index (χ4n) is 2.63. The van der Waals surface area contributed by atoms with Crippen molar-refractivity contribution in [3.8, 4) is 0 Å². The molecule has 0 unspecified atom stereocenters. The number of nitrogens with one attached hydrogen (secondary N) is 2. The minimum Gasteiger partial charge on any atom is -0.394 e. The van der Waals surface area contributed by atoms with Crippen LogP contribution in [0.2, 0.25) is 0 Å². The van der Waals surface area contributed by atoms with Crippen molar-refractivity contribution in [1.29, 1.82) is 0 Å². The van der Waals surface area contributed by atoms with Crippen LogP contribution in [0.1, 0.15) is 12.0 Å². The van der Waals surface area contributed by atoms with Crippen LogP contribution in [0.15, 0.2) is 24.3 Å². The van der Waals surface area contributed by atoms with E-state index in [9.17, 15) is 14.0 Å². The molecule has 1 atom stereocenters. The summed E-state index contributed by atoms with van der Waals surface area (Å²) in [5, 5.41) is 23.2. The lowest BCUT2D eigenvalue weighted by Gasteiger charge is -2.35. The molecule has 1 aliphatic rings. The van der Waals surface area contributed by atoms with Gasteiger partial charge in [-0.05, 0) is 6.07 Å². The van der Waals surface area contributed by atoms with E-state index in [0.717, 1.165) is 0 Å². The molecule has 0 bridgehead atoms. The molecule has 0 aromatic heterocycles. The maximum atomic E-state index is 13.8. The molecule has 0 radical (unpaired) electrons. The van der Waals surface area contributed by atoms with E-state index in [2.05, 4.69) is 10.6 Å². The average Bonchev–Trinajstić information content (AvgIpc) is 2.57. The van der Waals surface area contributed by atoms with Crippen LogP contribution < -0.4 is 10.6 Å². The maximum Gasteiger partial charge on any atom is 0.237 e. The van der Waals surface area contributed by atoms with Crippen LogP contribution >= 0.6 is 0 Å². The first kappa shape index (κ1) is 18.3. The third-order valence-electron chi connectivity index (χ3n) is 3.96. The zero-order valence-corrected chi connectivity index (χ0v) is 13.2. The van der Waals surface area contributed by atoms with Gasteiger partial charge in [-0.3, -0.25) is 14.5 Å². The van der Waals surface area contributed by atoms with Crippen molar-refractivity contribution >= 4 is 11.8 Å². The van der Waals surface area contributed by atoms with Gasteiger partial charge in [-0.25, -0.2) is 4.39 Å². The molecule has 1 saturated heterocycles. The molecule has 8 heteroatoms. The minimum atomic E-state index is -0.760. The first-order valence-corrected chi connectivity index (χ1v) is 7.81. The number of benzene rings is 1. The van der Waals surface area contributed by atoms with Gasteiger partial charge in [0.15, 0.2) is 0 Å². The highest BCUT2D eigenvalue weighted by atomic mass is 19.1. The predicted molar refractivity (Wildman–Crippen MR) is 84.3 cm³/mol. The molecular weight excluding hydrogens is 317 g/mol. The molecule has 1 aromatic rings. The molecule has 0 spiro atoms. The highest BCUT2D eigenvalue weighted by Crippen LogP contribution is 2.16. The smallest absolute Gasteiger partial charge is 0.237 e. The Morgan fingerprint density at radius 3 is 2.75 bits per heavy atom. The maximum absolute atomic E-state index is 13.8. The van der Waals surface area contributed by atoms with Crippen molar-refractivity contribution in [3.63, 3.8) is 0 Å². The number of amides is 2. The summed E-state index contributed by atoms with van der Waals surface area (Å²) in [7, 11) is 0. The Bertz CT molecular complexity index is 580. The van der Waals surface area contributed by atoms with E-state index >= 15 is 0 Å². The van der Waals surface area contributed by atoms with E-state index in [4.69, 9.17) is 10.2 Å². The van der Waals surface area contributed by atoms with E-state index in [-0.39, 0.29) is 24.7 Å². The Hall–Kier alpha value is -2.03. The largest absolute Gasteiger partial charge is 0.394 e. The molecule has 4 N–H and O–H groups in total. The Morgan fingerprint density at radius 2 is 2.08 bits per heavy atom. The highest BCUT2D eigenvalue weighted by Gasteiger charge is 2.32. The van der Waals surface area contributed by atoms with Gasteiger partial charge in [0.25, 0.3) is 0 Å². The standard InChI is InChI=1S/C16H22FN3O4/c17-13-4-2-1-3-11(13)8-20-6-5-18-16(24)14(20)7-15(23)19-12(9-21)10-22/h1-4,12,14,21-22H,5-10H2,(H,18,24)(H,19,23)/t14-/m0/s1. The van der Waals surface area contributed by atoms with E-state index in [0.29, 0.717) is 18.7 Å². The summed E-state index contributed by atoms with van der Waals surface area (Å²) in [4.78, 5) is 25.9. The number of nitrogens with zero attached hydrogens (tertiary/aromatic N) is 1. The number of rotatable bonds is 7. The summed E-state index contributed by atoms with van der Waals surface area (Å²) >= 11 is 0. The summed E-state index contributed by atoms with van der Waals surface area (Å²) in [5.74, 6) is -1.10. The molecule has 1 aliphatic heterocycles. The second-order valence-corrected chi connectivity index (χ2v) is 5.70. The van der Waals surface area contributed by atoms with Crippen LogP contribution in [0.25, 0.3) is 0 Å². The van der Waals surface area contributed by atoms with Crippen molar-refractivity contribution in [2.75, 3.05) is 26.3 Å². The van der Waals surface area contributed by atoms with Gasteiger partial charge in [-0.1, -0.05) is 18.2 Å². The van der Waals surface area contributed by atoms with Crippen molar-refractivity contribution in [2.24, 2.45) is 0 Å². The number of piperazine rings is 1. The number of aliphatic hydroxyl groups excluding tert-OH is 2. The van der Waals surface area contributed by atoms with Gasteiger partial charge in [0.2, 0.25) is 11.8 Å². The van der Waals surface area contributed by atoms with Gasteiger partial charge in [0.1, 0.15) is 5.82 Å². The summed E-state index contributed by atoms with van der Waals surface area (Å²) < 4.78 is 13.8. The molecule has 1 heterocycles. The molecule has 24 heavy (non-hydrogen) atoms. The third-order valence-corrected chi connectivity index (χ3v) is 3.96. The SMILES string of the molecule is O=C(C[C@H]1C(=O)NCCN1Cc1ccccc1F)NC(CO)CO. The van der Waals surface area contributed by atoms with Crippen LogP contribution in [0, 0.1) is 5.82 Å². The lowest BCUT2D eigenvalue weighted by molar-refractivity contribution is -0.134. The Balaban J connectivity index is 2.04. The van der Waals surface area contributed by atoms with Crippen molar-refractivity contribution in [3.05, 3.63) is 35.6 Å². The van der Waals surface area contributed by atoms with Gasteiger partial charge in [0, 0.05) is 25.2 Å². The van der Waals surface area contributed by atoms with Gasteiger partial charge in [0.05, 0.1) is 31.7 Å². The third kappa shape index (κ3) is 4.73. The van der Waals surface area contributed by atoms with Crippen LogP contribution in [0.5, 0.6) is 0 Å². The highest BCUT2D eigenvalue weighted by molar-refractivity contribution is 5.88. The molecule has 132 valence electrons. The van der Waals surface area contributed by atoms with Gasteiger partial charge in [-0.15, -0.1) is 0 Å². The van der Waals surface area contributed by atoms with Gasteiger partial charge in [-0.2, -0.15) is 0 Å². The number of hydrogen-bond donors (Lipinski definition) is 4. The zero-order valence-electron chi connectivity index (χ0n) is 13.2. The Morgan fingerprint density at radius 1 is 1.38 bits per heavy atom. The van der Waals surface area contributed by atoms with Crippen LogP contribution in [-0.4, -0.2) is 65.3 Å². The first-order chi connectivity index (χ1) is 11.5. The van der Waals surface area contributed by atoms with E-state index < -0.39 is 31.2 Å². The monoisotopic (exact) mass is 339 g/mol. The summed E-state index contributed by atoms with van der Waals surface area (Å²) in [6.07, 6.45) is -0.128. The molecule has 2 amide bonds. The summed E-state index contributed by atoms with van der Waals surface area (Å²) in [6.45, 7) is 0.375. The predicted octanol–water partition coefficient (Wildman–Crippen LogP) is -1.01. The second kappa shape index (κ2) is 8.72. The molecule has 0 aliphatic carbocycles. The van der Waals surface area contributed by atoms with Crippen molar-refractivity contribution in [2.45, 2.75) is 25.0 Å².